The molecule has 2 aromatic carbocycles. The molecule has 30 heavy (non-hydrogen) atoms. The Kier molecular flexibility index (Phi) is 5.69. The topological polar surface area (TPSA) is 73.6 Å². The molecule has 0 spiro atoms. The Bertz CT molecular complexity index is 1130. The Morgan fingerprint density at radius 1 is 1.07 bits per heavy atom. The fourth-order valence-corrected chi connectivity index (χ4v) is 3.01. The van der Waals surface area contributed by atoms with Crippen molar-refractivity contribution < 1.29 is 18.3 Å². The van der Waals surface area contributed by atoms with Gasteiger partial charge in [0.15, 0.2) is 11.5 Å². The third kappa shape index (κ3) is 4.29. The zero-order valence-electron chi connectivity index (χ0n) is 16.1. The van der Waals surface area contributed by atoms with Crippen molar-refractivity contribution in [2.24, 2.45) is 0 Å². The second-order valence-corrected chi connectivity index (χ2v) is 6.31. The number of hydrogen-bond acceptors (Lipinski definition) is 6. The first-order valence-corrected chi connectivity index (χ1v) is 9.34. The number of nitrogens with one attached hydrogen (secondary N) is 1. The van der Waals surface area contributed by atoms with Crippen LogP contribution in [0.5, 0.6) is 11.5 Å². The van der Waals surface area contributed by atoms with Gasteiger partial charge in [0, 0.05) is 18.2 Å². The minimum atomic E-state index is -2.91. The molecule has 0 fully saturated rings. The van der Waals surface area contributed by atoms with E-state index in [0.29, 0.717) is 24.7 Å². The maximum Gasteiger partial charge on any atom is 0.387 e. The van der Waals surface area contributed by atoms with Crippen molar-refractivity contribution in [1.29, 1.82) is 0 Å². The molecule has 1 N–H and O–H groups in total. The highest BCUT2D eigenvalue weighted by Gasteiger charge is 2.13. The molecule has 4 aromatic rings. The molecule has 2 heterocycles. The molecule has 0 aliphatic carbocycles. The number of anilines is 1. The van der Waals surface area contributed by atoms with Crippen molar-refractivity contribution in [3.63, 3.8) is 0 Å². The molecule has 0 saturated carbocycles. The zero-order valence-corrected chi connectivity index (χ0v) is 16.1. The Labute approximate surface area is 171 Å². The van der Waals surface area contributed by atoms with Gasteiger partial charge in [-0.1, -0.05) is 36.4 Å². The van der Waals surface area contributed by atoms with Crippen molar-refractivity contribution in [3.05, 3.63) is 66.5 Å². The van der Waals surface area contributed by atoms with Crippen molar-refractivity contribution in [2.45, 2.75) is 20.1 Å². The van der Waals surface area contributed by atoms with Crippen LogP contribution in [-0.4, -0.2) is 32.8 Å². The summed E-state index contributed by atoms with van der Waals surface area (Å²) in [4.78, 5) is 8.73. The molecular weight excluding hydrogens is 392 g/mol. The summed E-state index contributed by atoms with van der Waals surface area (Å²) in [6.45, 7) is -0.397. The van der Waals surface area contributed by atoms with Gasteiger partial charge in [-0.05, 0) is 24.6 Å². The molecule has 0 radical (unpaired) electrons. The van der Waals surface area contributed by atoms with Crippen molar-refractivity contribution >= 4 is 11.6 Å². The van der Waals surface area contributed by atoms with Crippen molar-refractivity contribution in [1.82, 2.24) is 19.6 Å². The van der Waals surface area contributed by atoms with E-state index in [-0.39, 0.29) is 11.5 Å². The van der Waals surface area contributed by atoms with Gasteiger partial charge in [0.1, 0.15) is 12.1 Å². The lowest BCUT2D eigenvalue weighted by atomic mass is 10.1. The van der Waals surface area contributed by atoms with Crippen LogP contribution in [0.25, 0.3) is 17.0 Å². The highest BCUT2D eigenvalue weighted by molar-refractivity contribution is 5.65. The normalized spacial score (nSPS) is 11.1. The molecule has 0 amide bonds. The number of ether oxygens (including phenoxy) is 2. The predicted molar refractivity (Wildman–Crippen MR) is 108 cm³/mol. The smallest absolute Gasteiger partial charge is 0.387 e. The summed E-state index contributed by atoms with van der Waals surface area (Å²) in [6.07, 6.45) is 1.44. The number of hydrogen-bond donors (Lipinski definition) is 1. The van der Waals surface area contributed by atoms with E-state index in [4.69, 9.17) is 4.74 Å². The van der Waals surface area contributed by atoms with Crippen LogP contribution in [0.4, 0.5) is 14.6 Å². The standard InChI is InChI=1S/C21H19F2N5O2/c1-2-29-18-10-14(8-9-17(18)30-20(22)23)12-24-19-11-16(15-6-4-3-5-7-15)27-21-25-13-26-28(19)21/h3-11,13,20,24H,2,12H2,1H3. The Morgan fingerprint density at radius 2 is 1.90 bits per heavy atom. The average molecular weight is 411 g/mol. The van der Waals surface area contributed by atoms with E-state index in [0.717, 1.165) is 16.8 Å². The third-order valence-corrected chi connectivity index (χ3v) is 4.32. The van der Waals surface area contributed by atoms with Crippen molar-refractivity contribution in [3.8, 4) is 22.8 Å². The molecule has 0 bridgehead atoms. The summed E-state index contributed by atoms with van der Waals surface area (Å²) in [5.41, 5.74) is 2.54. The second-order valence-electron chi connectivity index (χ2n) is 6.31. The van der Waals surface area contributed by atoms with Gasteiger partial charge in [-0.2, -0.15) is 23.4 Å². The van der Waals surface area contributed by atoms with Gasteiger partial charge in [-0.3, -0.25) is 0 Å². The minimum Gasteiger partial charge on any atom is -0.490 e. The Hall–Kier alpha value is -3.75. The molecule has 2 aromatic heterocycles. The van der Waals surface area contributed by atoms with Crippen LogP contribution in [0.1, 0.15) is 12.5 Å². The van der Waals surface area contributed by atoms with E-state index >= 15 is 0 Å². The number of benzene rings is 2. The van der Waals surface area contributed by atoms with E-state index in [1.54, 1.807) is 23.6 Å². The number of nitrogens with zero attached hydrogens (tertiary/aromatic N) is 4. The predicted octanol–water partition coefficient (Wildman–Crippen LogP) is 4.40. The van der Waals surface area contributed by atoms with Crippen LogP contribution >= 0.6 is 0 Å². The number of halogens is 2. The quantitative estimate of drug-likeness (QED) is 0.463. The summed E-state index contributed by atoms with van der Waals surface area (Å²) in [5.74, 6) is 1.43. The maximum atomic E-state index is 12.6. The monoisotopic (exact) mass is 411 g/mol. The molecule has 4 rings (SSSR count). The van der Waals surface area contributed by atoms with Crippen LogP contribution < -0.4 is 14.8 Å². The fourth-order valence-electron chi connectivity index (χ4n) is 3.01. The molecule has 9 heteroatoms. The van der Waals surface area contributed by atoms with Gasteiger partial charge in [-0.25, -0.2) is 4.98 Å². The fraction of sp³-hybridized carbons (Fsp3) is 0.190. The first kappa shape index (κ1) is 19.6. The molecule has 0 unspecified atom stereocenters. The highest BCUT2D eigenvalue weighted by Crippen LogP contribution is 2.30. The van der Waals surface area contributed by atoms with Gasteiger partial charge in [-0.15, -0.1) is 0 Å². The zero-order chi connectivity index (χ0) is 20.9. The summed E-state index contributed by atoms with van der Waals surface area (Å²) in [6, 6.07) is 16.5. The van der Waals surface area contributed by atoms with E-state index < -0.39 is 6.61 Å². The van der Waals surface area contributed by atoms with Crippen LogP contribution in [0, 0.1) is 0 Å². The number of aromatic nitrogens is 4. The van der Waals surface area contributed by atoms with Gasteiger partial charge in [0.25, 0.3) is 5.78 Å². The summed E-state index contributed by atoms with van der Waals surface area (Å²) >= 11 is 0. The summed E-state index contributed by atoms with van der Waals surface area (Å²) in [5, 5.41) is 7.52. The van der Waals surface area contributed by atoms with Crippen LogP contribution in [0.3, 0.4) is 0 Å². The van der Waals surface area contributed by atoms with E-state index in [1.807, 2.05) is 36.4 Å². The van der Waals surface area contributed by atoms with Gasteiger partial charge >= 0.3 is 6.61 Å². The van der Waals surface area contributed by atoms with Crippen LogP contribution in [-0.2, 0) is 6.54 Å². The van der Waals surface area contributed by atoms with Gasteiger partial charge < -0.3 is 14.8 Å². The summed E-state index contributed by atoms with van der Waals surface area (Å²) in [7, 11) is 0. The van der Waals surface area contributed by atoms with Crippen LogP contribution in [0.15, 0.2) is 60.9 Å². The van der Waals surface area contributed by atoms with E-state index in [2.05, 4.69) is 25.1 Å². The van der Waals surface area contributed by atoms with Gasteiger partial charge in [0.05, 0.1) is 12.3 Å². The second kappa shape index (κ2) is 8.73. The SMILES string of the molecule is CCOc1cc(CNc2cc(-c3ccccc3)nc3ncnn23)ccc1OC(F)F. The molecular formula is C21H19F2N5O2. The highest BCUT2D eigenvalue weighted by atomic mass is 19.3. The molecule has 0 aliphatic rings. The minimum absolute atomic E-state index is 0.00421. The molecule has 0 saturated heterocycles. The molecule has 154 valence electrons. The maximum absolute atomic E-state index is 12.6. The lowest BCUT2D eigenvalue weighted by molar-refractivity contribution is -0.0514. The van der Waals surface area contributed by atoms with Crippen molar-refractivity contribution in [2.75, 3.05) is 11.9 Å². The Morgan fingerprint density at radius 3 is 2.67 bits per heavy atom. The number of fused-ring (bicyclic) bond motifs is 1. The summed E-state index contributed by atoms with van der Waals surface area (Å²) < 4.78 is 36.8. The third-order valence-electron chi connectivity index (χ3n) is 4.32. The average Bonchev–Trinajstić information content (AvgIpc) is 3.23. The van der Waals surface area contributed by atoms with E-state index in [1.165, 1.54) is 12.4 Å². The van der Waals surface area contributed by atoms with Gasteiger partial charge in [0.2, 0.25) is 0 Å². The van der Waals surface area contributed by atoms with Crippen LogP contribution in [0.2, 0.25) is 0 Å². The number of rotatable bonds is 8. The number of alkyl halides is 2. The molecule has 7 nitrogen and oxygen atoms in total. The lowest BCUT2D eigenvalue weighted by Crippen LogP contribution is -2.08. The lowest BCUT2D eigenvalue weighted by Gasteiger charge is -2.14. The largest absolute Gasteiger partial charge is 0.490 e. The Balaban J connectivity index is 1.60. The first-order valence-electron chi connectivity index (χ1n) is 9.34. The molecule has 0 atom stereocenters. The van der Waals surface area contributed by atoms with E-state index in [9.17, 15) is 8.78 Å². The molecule has 0 aliphatic heterocycles. The first-order chi connectivity index (χ1) is 14.6.